The minimum Gasteiger partial charge on any atom is -0.354 e. The van der Waals surface area contributed by atoms with E-state index in [4.69, 9.17) is 0 Å². The van der Waals surface area contributed by atoms with E-state index in [9.17, 15) is 14.0 Å². The van der Waals surface area contributed by atoms with E-state index in [2.05, 4.69) is 5.32 Å². The SMILES string of the molecule is CC(=O)N(CC(=O)NCCc1ccccc1F)CC(C)C. The van der Waals surface area contributed by atoms with Gasteiger partial charge in [0, 0.05) is 20.0 Å². The van der Waals surface area contributed by atoms with Gasteiger partial charge in [0.05, 0.1) is 6.54 Å². The molecule has 0 spiro atoms. The summed E-state index contributed by atoms with van der Waals surface area (Å²) in [6.45, 7) is 6.39. The first-order valence-corrected chi connectivity index (χ1v) is 7.15. The highest BCUT2D eigenvalue weighted by Crippen LogP contribution is 2.06. The van der Waals surface area contributed by atoms with Crippen molar-refractivity contribution in [2.24, 2.45) is 5.92 Å². The third-order valence-corrected chi connectivity index (χ3v) is 3.04. The molecule has 0 radical (unpaired) electrons. The van der Waals surface area contributed by atoms with Gasteiger partial charge in [-0.2, -0.15) is 0 Å². The monoisotopic (exact) mass is 294 g/mol. The Morgan fingerprint density at radius 3 is 2.52 bits per heavy atom. The number of nitrogens with zero attached hydrogens (tertiary/aromatic N) is 1. The molecule has 4 nitrogen and oxygen atoms in total. The molecule has 116 valence electrons. The second kappa shape index (κ2) is 8.39. The van der Waals surface area contributed by atoms with Crippen molar-refractivity contribution < 1.29 is 14.0 Å². The molecule has 2 amide bonds. The van der Waals surface area contributed by atoms with Crippen molar-refractivity contribution in [1.82, 2.24) is 10.2 Å². The first-order valence-electron chi connectivity index (χ1n) is 7.15. The number of amides is 2. The zero-order valence-corrected chi connectivity index (χ0v) is 12.9. The first kappa shape index (κ1) is 17.1. The molecule has 1 aromatic carbocycles. The van der Waals surface area contributed by atoms with Gasteiger partial charge in [-0.25, -0.2) is 4.39 Å². The van der Waals surface area contributed by atoms with E-state index in [-0.39, 0.29) is 24.2 Å². The molecule has 21 heavy (non-hydrogen) atoms. The van der Waals surface area contributed by atoms with Crippen LogP contribution in [0.5, 0.6) is 0 Å². The fourth-order valence-electron chi connectivity index (χ4n) is 2.01. The maximum Gasteiger partial charge on any atom is 0.239 e. The largest absolute Gasteiger partial charge is 0.354 e. The summed E-state index contributed by atoms with van der Waals surface area (Å²) in [6.07, 6.45) is 0.433. The maximum absolute atomic E-state index is 13.4. The zero-order chi connectivity index (χ0) is 15.8. The van der Waals surface area contributed by atoms with Crippen molar-refractivity contribution in [3.8, 4) is 0 Å². The molecule has 0 aliphatic rings. The number of rotatable bonds is 7. The molecule has 0 unspecified atom stereocenters. The van der Waals surface area contributed by atoms with Crippen molar-refractivity contribution in [1.29, 1.82) is 0 Å². The van der Waals surface area contributed by atoms with Gasteiger partial charge < -0.3 is 10.2 Å². The molecule has 0 saturated heterocycles. The number of halogens is 1. The maximum atomic E-state index is 13.4. The predicted octanol–water partition coefficient (Wildman–Crippen LogP) is 1.99. The number of benzene rings is 1. The molecular weight excluding hydrogens is 271 g/mol. The summed E-state index contributed by atoms with van der Waals surface area (Å²) >= 11 is 0. The standard InChI is InChI=1S/C16H23FN2O2/c1-12(2)10-19(13(3)20)11-16(21)18-9-8-14-6-4-5-7-15(14)17/h4-7,12H,8-11H2,1-3H3,(H,18,21). The summed E-state index contributed by atoms with van der Waals surface area (Å²) in [6, 6.07) is 6.49. The van der Waals surface area contributed by atoms with E-state index in [1.807, 2.05) is 13.8 Å². The molecule has 1 N–H and O–H groups in total. The Balaban J connectivity index is 2.39. The number of nitrogens with one attached hydrogen (secondary N) is 1. The van der Waals surface area contributed by atoms with Crippen LogP contribution in [-0.4, -0.2) is 36.3 Å². The Kier molecular flexibility index (Phi) is 6.85. The molecule has 1 aromatic rings. The third kappa shape index (κ3) is 6.38. The summed E-state index contributed by atoms with van der Waals surface area (Å²) in [4.78, 5) is 24.8. The van der Waals surface area contributed by atoms with E-state index < -0.39 is 0 Å². The Labute approximate surface area is 125 Å². The summed E-state index contributed by atoms with van der Waals surface area (Å²) in [5, 5.41) is 2.72. The van der Waals surface area contributed by atoms with E-state index in [0.29, 0.717) is 31.0 Å². The van der Waals surface area contributed by atoms with Crippen LogP contribution in [-0.2, 0) is 16.0 Å². The minimum absolute atomic E-state index is 0.0464. The predicted molar refractivity (Wildman–Crippen MR) is 80.2 cm³/mol. The molecular formula is C16H23FN2O2. The molecule has 0 aliphatic heterocycles. The van der Waals surface area contributed by atoms with E-state index in [1.54, 1.807) is 18.2 Å². The molecule has 0 fully saturated rings. The molecule has 0 atom stereocenters. The second-order valence-corrected chi connectivity index (χ2v) is 5.48. The van der Waals surface area contributed by atoms with Gasteiger partial charge in [-0.05, 0) is 24.0 Å². The highest BCUT2D eigenvalue weighted by molar-refractivity contribution is 5.83. The Bertz CT molecular complexity index is 489. The first-order chi connectivity index (χ1) is 9.90. The van der Waals surface area contributed by atoms with Gasteiger partial charge in [-0.1, -0.05) is 32.0 Å². The lowest BCUT2D eigenvalue weighted by Crippen LogP contribution is -2.41. The van der Waals surface area contributed by atoms with Crippen molar-refractivity contribution in [2.45, 2.75) is 27.2 Å². The van der Waals surface area contributed by atoms with Crippen molar-refractivity contribution in [3.63, 3.8) is 0 Å². The van der Waals surface area contributed by atoms with E-state index in [0.717, 1.165) is 0 Å². The van der Waals surface area contributed by atoms with Gasteiger partial charge in [0.1, 0.15) is 5.82 Å². The quantitative estimate of drug-likeness (QED) is 0.836. The van der Waals surface area contributed by atoms with Crippen LogP contribution in [0.2, 0.25) is 0 Å². The van der Waals surface area contributed by atoms with Crippen LogP contribution in [0.25, 0.3) is 0 Å². The summed E-state index contributed by atoms with van der Waals surface area (Å²) < 4.78 is 13.4. The van der Waals surface area contributed by atoms with Crippen LogP contribution in [0.4, 0.5) is 4.39 Å². The van der Waals surface area contributed by atoms with Gasteiger partial charge in [-0.15, -0.1) is 0 Å². The van der Waals surface area contributed by atoms with Gasteiger partial charge in [0.15, 0.2) is 0 Å². The Hall–Kier alpha value is -1.91. The summed E-state index contributed by atoms with van der Waals surface area (Å²) in [5.74, 6) is -0.299. The fourth-order valence-corrected chi connectivity index (χ4v) is 2.01. The minimum atomic E-state index is -0.267. The molecule has 1 rings (SSSR count). The van der Waals surface area contributed by atoms with E-state index in [1.165, 1.54) is 17.9 Å². The van der Waals surface area contributed by atoms with Crippen LogP contribution < -0.4 is 5.32 Å². The number of hydrogen-bond donors (Lipinski definition) is 1. The van der Waals surface area contributed by atoms with Crippen molar-refractivity contribution >= 4 is 11.8 Å². The average molecular weight is 294 g/mol. The highest BCUT2D eigenvalue weighted by Gasteiger charge is 2.14. The van der Waals surface area contributed by atoms with Crippen LogP contribution in [0.1, 0.15) is 26.3 Å². The van der Waals surface area contributed by atoms with Gasteiger partial charge in [0.25, 0.3) is 0 Å². The Morgan fingerprint density at radius 2 is 1.95 bits per heavy atom. The lowest BCUT2D eigenvalue weighted by molar-refractivity contribution is -0.134. The van der Waals surface area contributed by atoms with Gasteiger partial charge in [0.2, 0.25) is 11.8 Å². The third-order valence-electron chi connectivity index (χ3n) is 3.04. The normalized spacial score (nSPS) is 10.5. The molecule has 5 heteroatoms. The molecule has 0 aromatic heterocycles. The molecule has 0 saturated carbocycles. The average Bonchev–Trinajstić information content (AvgIpc) is 2.39. The van der Waals surface area contributed by atoms with Crippen LogP contribution >= 0.6 is 0 Å². The van der Waals surface area contributed by atoms with Crippen LogP contribution in [0, 0.1) is 11.7 Å². The van der Waals surface area contributed by atoms with Crippen LogP contribution in [0.15, 0.2) is 24.3 Å². The van der Waals surface area contributed by atoms with Gasteiger partial charge >= 0.3 is 0 Å². The van der Waals surface area contributed by atoms with Crippen molar-refractivity contribution in [2.75, 3.05) is 19.6 Å². The molecule has 0 bridgehead atoms. The number of hydrogen-bond acceptors (Lipinski definition) is 2. The highest BCUT2D eigenvalue weighted by atomic mass is 19.1. The topological polar surface area (TPSA) is 49.4 Å². The molecule has 0 aliphatic carbocycles. The fraction of sp³-hybridized carbons (Fsp3) is 0.500. The number of carbonyl (C=O) groups is 2. The zero-order valence-electron chi connectivity index (χ0n) is 12.9. The van der Waals surface area contributed by atoms with Crippen molar-refractivity contribution in [3.05, 3.63) is 35.6 Å². The van der Waals surface area contributed by atoms with Crippen LogP contribution in [0.3, 0.4) is 0 Å². The lowest BCUT2D eigenvalue weighted by atomic mass is 10.1. The van der Waals surface area contributed by atoms with E-state index >= 15 is 0 Å². The lowest BCUT2D eigenvalue weighted by Gasteiger charge is -2.22. The van der Waals surface area contributed by atoms with Gasteiger partial charge in [-0.3, -0.25) is 9.59 Å². The second-order valence-electron chi connectivity index (χ2n) is 5.48. The number of carbonyl (C=O) groups excluding carboxylic acids is 2. The summed E-state index contributed by atoms with van der Waals surface area (Å²) in [5.41, 5.74) is 0.573. The Morgan fingerprint density at radius 1 is 1.29 bits per heavy atom. The smallest absolute Gasteiger partial charge is 0.239 e. The molecule has 0 heterocycles. The summed E-state index contributed by atoms with van der Waals surface area (Å²) in [7, 11) is 0.